The van der Waals surface area contributed by atoms with Crippen molar-refractivity contribution in [3.8, 4) is 5.75 Å². The van der Waals surface area contributed by atoms with Crippen molar-refractivity contribution in [2.45, 2.75) is 50.7 Å². The lowest BCUT2D eigenvalue weighted by Gasteiger charge is -2.25. The molecular weight excluding hydrogens is 390 g/mol. The Labute approximate surface area is 172 Å². The molecule has 1 aromatic carbocycles. The minimum atomic E-state index is -3.57. The average molecular weight is 420 g/mol. The van der Waals surface area contributed by atoms with Crippen LogP contribution in [0.25, 0.3) is 0 Å². The van der Waals surface area contributed by atoms with Gasteiger partial charge in [0.2, 0.25) is 10.0 Å². The van der Waals surface area contributed by atoms with Crippen molar-refractivity contribution >= 4 is 15.9 Å². The van der Waals surface area contributed by atoms with Gasteiger partial charge < -0.3 is 14.6 Å². The lowest BCUT2D eigenvalue weighted by molar-refractivity contribution is 0.0942. The van der Waals surface area contributed by atoms with Crippen molar-refractivity contribution < 1.29 is 17.9 Å². The Morgan fingerprint density at radius 2 is 1.86 bits per heavy atom. The number of nitrogens with one attached hydrogen (secondary N) is 1. The number of sulfonamides is 1. The van der Waals surface area contributed by atoms with Gasteiger partial charge in [0.1, 0.15) is 16.3 Å². The second kappa shape index (κ2) is 9.00. The number of carbonyl (C=O) groups excluding carboxylic acids is 1. The molecule has 1 aromatic heterocycles. The van der Waals surface area contributed by atoms with E-state index in [1.165, 1.54) is 16.6 Å². The number of rotatable bonds is 7. The molecule has 1 aliphatic heterocycles. The van der Waals surface area contributed by atoms with E-state index in [4.69, 9.17) is 4.74 Å². The highest BCUT2D eigenvalue weighted by molar-refractivity contribution is 7.89. The summed E-state index contributed by atoms with van der Waals surface area (Å²) in [6.07, 6.45) is 4.34. The van der Waals surface area contributed by atoms with Crippen molar-refractivity contribution in [2.75, 3.05) is 13.1 Å². The van der Waals surface area contributed by atoms with Crippen molar-refractivity contribution in [3.05, 3.63) is 47.8 Å². The molecule has 0 aliphatic carbocycles. The summed E-state index contributed by atoms with van der Waals surface area (Å²) in [4.78, 5) is 12.9. The molecule has 2 aromatic rings. The fraction of sp³-hybridized carbons (Fsp3) is 0.476. The monoisotopic (exact) mass is 419 g/mol. The van der Waals surface area contributed by atoms with Gasteiger partial charge in [-0.2, -0.15) is 4.31 Å². The molecule has 1 amide bonds. The summed E-state index contributed by atoms with van der Waals surface area (Å²) in [7, 11) is -1.89. The van der Waals surface area contributed by atoms with Crippen molar-refractivity contribution in [3.63, 3.8) is 0 Å². The van der Waals surface area contributed by atoms with Gasteiger partial charge in [-0.3, -0.25) is 4.79 Å². The molecule has 1 saturated heterocycles. The topological polar surface area (TPSA) is 80.6 Å². The Kier molecular flexibility index (Phi) is 6.64. The van der Waals surface area contributed by atoms with Crippen molar-refractivity contribution in [1.82, 2.24) is 14.2 Å². The first-order chi connectivity index (χ1) is 13.8. The van der Waals surface area contributed by atoms with Gasteiger partial charge in [0.25, 0.3) is 5.91 Å². The normalized spacial score (nSPS) is 15.4. The zero-order valence-electron chi connectivity index (χ0n) is 17.2. The maximum absolute atomic E-state index is 12.9. The summed E-state index contributed by atoms with van der Waals surface area (Å²) in [5.74, 6) is 0.398. The molecule has 0 atom stereocenters. The summed E-state index contributed by atoms with van der Waals surface area (Å²) in [6.45, 7) is 5.26. The highest BCUT2D eigenvalue weighted by Gasteiger charge is 2.28. The molecule has 7 nitrogen and oxygen atoms in total. The molecule has 8 heteroatoms. The summed E-state index contributed by atoms with van der Waals surface area (Å²) in [5.41, 5.74) is 1.17. The number of para-hydroxylation sites is 1. The van der Waals surface area contributed by atoms with Crippen LogP contribution in [-0.2, 0) is 23.6 Å². The second-order valence-electron chi connectivity index (χ2n) is 7.59. The lowest BCUT2D eigenvalue weighted by atomic mass is 10.2. The van der Waals surface area contributed by atoms with E-state index in [1.807, 2.05) is 38.1 Å². The third-order valence-corrected chi connectivity index (χ3v) is 6.80. The smallest absolute Gasteiger partial charge is 0.268 e. The number of benzene rings is 1. The van der Waals surface area contributed by atoms with Crippen LogP contribution in [0.3, 0.4) is 0 Å². The first-order valence-corrected chi connectivity index (χ1v) is 11.4. The van der Waals surface area contributed by atoms with E-state index in [1.54, 1.807) is 11.6 Å². The number of aromatic nitrogens is 1. The quantitative estimate of drug-likeness (QED) is 0.748. The molecular formula is C21H29N3O4S. The summed E-state index contributed by atoms with van der Waals surface area (Å²) in [5, 5.41) is 2.87. The Bertz CT molecular complexity index is 960. The van der Waals surface area contributed by atoms with E-state index >= 15 is 0 Å². The number of aryl methyl sites for hydroxylation is 1. The van der Waals surface area contributed by atoms with Gasteiger partial charge >= 0.3 is 0 Å². The first-order valence-electron chi connectivity index (χ1n) is 9.98. The molecule has 0 radical (unpaired) electrons. The van der Waals surface area contributed by atoms with E-state index in [0.717, 1.165) is 30.6 Å². The predicted octanol–water partition coefficient (Wildman–Crippen LogP) is 2.92. The Balaban J connectivity index is 1.73. The van der Waals surface area contributed by atoms with Crippen LogP contribution in [0.5, 0.6) is 5.75 Å². The fourth-order valence-corrected chi connectivity index (χ4v) is 5.03. The van der Waals surface area contributed by atoms with Gasteiger partial charge in [-0.05, 0) is 38.8 Å². The first kappa shape index (κ1) is 21.4. The number of hydrogen-bond acceptors (Lipinski definition) is 4. The molecule has 158 valence electrons. The third-order valence-electron chi connectivity index (χ3n) is 4.94. The Hall–Kier alpha value is -2.32. The minimum Gasteiger partial charge on any atom is -0.491 e. The maximum atomic E-state index is 12.9. The fourth-order valence-electron chi connectivity index (χ4n) is 3.44. The highest BCUT2D eigenvalue weighted by Crippen LogP contribution is 2.23. The van der Waals surface area contributed by atoms with E-state index in [9.17, 15) is 13.2 Å². The zero-order valence-corrected chi connectivity index (χ0v) is 18.0. The summed E-state index contributed by atoms with van der Waals surface area (Å²) >= 11 is 0. The molecule has 0 bridgehead atoms. The molecule has 0 unspecified atom stereocenters. The van der Waals surface area contributed by atoms with Gasteiger partial charge in [-0.1, -0.05) is 24.6 Å². The van der Waals surface area contributed by atoms with Gasteiger partial charge in [-0.15, -0.1) is 0 Å². The van der Waals surface area contributed by atoms with E-state index in [-0.39, 0.29) is 16.9 Å². The average Bonchev–Trinajstić information content (AvgIpc) is 3.10. The van der Waals surface area contributed by atoms with E-state index in [0.29, 0.717) is 25.3 Å². The van der Waals surface area contributed by atoms with Crippen LogP contribution in [0, 0.1) is 0 Å². The lowest BCUT2D eigenvalue weighted by Crippen LogP contribution is -2.35. The summed E-state index contributed by atoms with van der Waals surface area (Å²) < 4.78 is 34.6. The summed E-state index contributed by atoms with van der Waals surface area (Å²) in [6, 6.07) is 9.00. The van der Waals surface area contributed by atoms with Crippen LogP contribution >= 0.6 is 0 Å². The van der Waals surface area contributed by atoms with Crippen molar-refractivity contribution in [1.29, 1.82) is 0 Å². The largest absolute Gasteiger partial charge is 0.491 e. The second-order valence-corrected chi connectivity index (χ2v) is 9.53. The van der Waals surface area contributed by atoms with E-state index < -0.39 is 10.0 Å². The minimum absolute atomic E-state index is 0.0299. The van der Waals surface area contributed by atoms with Crippen molar-refractivity contribution in [2.24, 2.45) is 7.05 Å². The molecule has 1 N–H and O–H groups in total. The van der Waals surface area contributed by atoms with Crippen LogP contribution in [0.1, 0.15) is 49.2 Å². The van der Waals surface area contributed by atoms with Gasteiger partial charge in [0, 0.05) is 38.4 Å². The molecule has 29 heavy (non-hydrogen) atoms. The number of carbonyl (C=O) groups is 1. The van der Waals surface area contributed by atoms with Crippen LogP contribution in [0.15, 0.2) is 41.4 Å². The van der Waals surface area contributed by atoms with Crippen LogP contribution in [0.2, 0.25) is 0 Å². The molecule has 0 saturated carbocycles. The van der Waals surface area contributed by atoms with Crippen LogP contribution in [0.4, 0.5) is 0 Å². The van der Waals surface area contributed by atoms with Crippen LogP contribution < -0.4 is 10.1 Å². The Morgan fingerprint density at radius 3 is 2.55 bits per heavy atom. The van der Waals surface area contributed by atoms with Gasteiger partial charge in [0.05, 0.1) is 6.10 Å². The molecule has 0 spiro atoms. The third kappa shape index (κ3) is 5.00. The van der Waals surface area contributed by atoms with Gasteiger partial charge in [0.15, 0.2) is 0 Å². The maximum Gasteiger partial charge on any atom is 0.268 e. The standard InChI is InChI=1S/C21H29N3O4S/c1-16(2)28-20-10-6-5-9-17(20)14-22-21(25)19-13-18(15-23(19)3)29(26,27)24-11-7-4-8-12-24/h5-6,9-10,13,15-16H,4,7-8,11-12,14H2,1-3H3,(H,22,25). The number of amides is 1. The SMILES string of the molecule is CC(C)Oc1ccccc1CNC(=O)c1cc(S(=O)(=O)N2CCCCC2)cn1C. The molecule has 1 aliphatic rings. The zero-order chi connectivity index (χ0) is 21.0. The molecule has 1 fully saturated rings. The number of hydrogen-bond donors (Lipinski definition) is 1. The number of nitrogens with zero attached hydrogens (tertiary/aromatic N) is 2. The van der Waals surface area contributed by atoms with Gasteiger partial charge in [-0.25, -0.2) is 8.42 Å². The molecule has 3 rings (SSSR count). The Morgan fingerprint density at radius 1 is 1.17 bits per heavy atom. The van der Waals surface area contributed by atoms with Crippen LogP contribution in [-0.4, -0.2) is 42.4 Å². The predicted molar refractivity (Wildman–Crippen MR) is 111 cm³/mol. The molecule has 2 heterocycles. The number of ether oxygens (including phenoxy) is 1. The highest BCUT2D eigenvalue weighted by atomic mass is 32.2. The van der Waals surface area contributed by atoms with E-state index in [2.05, 4.69) is 5.32 Å². The number of piperidine rings is 1.